The van der Waals surface area contributed by atoms with Crippen molar-refractivity contribution in [2.75, 3.05) is 13.2 Å². The summed E-state index contributed by atoms with van der Waals surface area (Å²) in [6.45, 7) is 5.53. The summed E-state index contributed by atoms with van der Waals surface area (Å²) in [5.41, 5.74) is 0. The molecule has 15 heavy (non-hydrogen) atoms. The first-order valence-electron chi connectivity index (χ1n) is 4.72. The summed E-state index contributed by atoms with van der Waals surface area (Å²) in [5.74, 6) is -1.68. The molecule has 1 N–H and O–H groups in total. The second kappa shape index (κ2) is 7.73. The lowest BCUT2D eigenvalue weighted by molar-refractivity contribution is -0.143. The van der Waals surface area contributed by atoms with Crippen LogP contribution in [-0.4, -0.2) is 30.8 Å². The van der Waals surface area contributed by atoms with Crippen LogP contribution in [0.4, 0.5) is 0 Å². The standard InChI is InChI=1S/C10H15NO4/c1-3-8(12)10(14)11-7-5-6-9(13)15-4-2/h3H,1,4-7H2,2H3,(H,11,14). The Morgan fingerprint density at radius 1 is 1.40 bits per heavy atom. The van der Waals surface area contributed by atoms with Gasteiger partial charge in [0, 0.05) is 13.0 Å². The molecule has 0 radical (unpaired) electrons. The molecule has 0 aliphatic heterocycles. The fourth-order valence-corrected chi connectivity index (χ4v) is 0.848. The molecule has 0 heterocycles. The van der Waals surface area contributed by atoms with Gasteiger partial charge < -0.3 is 10.1 Å². The summed E-state index contributed by atoms with van der Waals surface area (Å²) in [6.07, 6.45) is 1.63. The van der Waals surface area contributed by atoms with E-state index in [0.29, 0.717) is 13.0 Å². The average Bonchev–Trinajstić information content (AvgIpc) is 2.23. The van der Waals surface area contributed by atoms with Crippen LogP contribution in [0, 0.1) is 0 Å². The van der Waals surface area contributed by atoms with Crippen molar-refractivity contribution in [1.82, 2.24) is 5.32 Å². The van der Waals surface area contributed by atoms with Crippen LogP contribution in [-0.2, 0) is 19.1 Å². The normalized spacial score (nSPS) is 9.13. The Morgan fingerprint density at radius 2 is 2.07 bits per heavy atom. The second-order valence-electron chi connectivity index (χ2n) is 2.73. The minimum absolute atomic E-state index is 0.233. The van der Waals surface area contributed by atoms with Crippen LogP contribution < -0.4 is 5.32 Å². The molecular weight excluding hydrogens is 198 g/mol. The summed E-state index contributed by atoms with van der Waals surface area (Å²) >= 11 is 0. The van der Waals surface area contributed by atoms with E-state index in [4.69, 9.17) is 0 Å². The van der Waals surface area contributed by atoms with E-state index in [2.05, 4.69) is 16.6 Å². The Bertz CT molecular complexity index is 260. The largest absolute Gasteiger partial charge is 0.466 e. The van der Waals surface area contributed by atoms with Crippen molar-refractivity contribution in [2.24, 2.45) is 0 Å². The third kappa shape index (κ3) is 6.42. The molecule has 84 valence electrons. The van der Waals surface area contributed by atoms with Crippen LogP contribution >= 0.6 is 0 Å². The van der Waals surface area contributed by atoms with E-state index in [1.54, 1.807) is 6.92 Å². The van der Waals surface area contributed by atoms with Gasteiger partial charge in [-0.2, -0.15) is 0 Å². The van der Waals surface area contributed by atoms with Gasteiger partial charge in [0.25, 0.3) is 5.91 Å². The second-order valence-corrected chi connectivity index (χ2v) is 2.73. The van der Waals surface area contributed by atoms with E-state index in [9.17, 15) is 14.4 Å². The number of rotatable bonds is 7. The maximum Gasteiger partial charge on any atom is 0.305 e. The number of hydrogen-bond acceptors (Lipinski definition) is 4. The quantitative estimate of drug-likeness (QED) is 0.284. The molecule has 0 aromatic rings. The molecule has 0 aromatic carbocycles. The SMILES string of the molecule is C=CC(=O)C(=O)NCCCC(=O)OCC. The maximum atomic E-state index is 10.9. The molecule has 0 aliphatic carbocycles. The Balaban J connectivity index is 3.54. The number of amides is 1. The molecule has 0 aromatic heterocycles. The molecule has 1 amide bonds. The van der Waals surface area contributed by atoms with Crippen molar-refractivity contribution in [2.45, 2.75) is 19.8 Å². The Morgan fingerprint density at radius 3 is 2.60 bits per heavy atom. The maximum absolute atomic E-state index is 10.9. The number of hydrogen-bond donors (Lipinski definition) is 1. The van der Waals surface area contributed by atoms with E-state index in [1.165, 1.54) is 0 Å². The van der Waals surface area contributed by atoms with Gasteiger partial charge in [0.05, 0.1) is 6.61 Å². The zero-order chi connectivity index (χ0) is 11.7. The molecule has 0 saturated carbocycles. The Hall–Kier alpha value is -1.65. The molecule has 0 spiro atoms. The van der Waals surface area contributed by atoms with Crippen molar-refractivity contribution in [3.05, 3.63) is 12.7 Å². The van der Waals surface area contributed by atoms with Gasteiger partial charge >= 0.3 is 5.97 Å². The fourth-order valence-electron chi connectivity index (χ4n) is 0.848. The summed E-state index contributed by atoms with van der Waals surface area (Å²) < 4.78 is 4.68. The Kier molecular flexibility index (Phi) is 6.88. The smallest absolute Gasteiger partial charge is 0.305 e. The molecule has 0 fully saturated rings. The molecule has 0 atom stereocenters. The zero-order valence-electron chi connectivity index (χ0n) is 8.75. The number of carbonyl (C=O) groups is 3. The number of esters is 1. The highest BCUT2D eigenvalue weighted by molar-refractivity contribution is 6.40. The molecule has 0 rings (SSSR count). The van der Waals surface area contributed by atoms with Crippen molar-refractivity contribution >= 4 is 17.7 Å². The molecule has 0 bridgehead atoms. The van der Waals surface area contributed by atoms with Crippen LogP contribution in [0.1, 0.15) is 19.8 Å². The third-order valence-electron chi connectivity index (χ3n) is 1.56. The molecule has 5 nitrogen and oxygen atoms in total. The average molecular weight is 213 g/mol. The van der Waals surface area contributed by atoms with Crippen LogP contribution in [0.2, 0.25) is 0 Å². The van der Waals surface area contributed by atoms with Gasteiger partial charge in [-0.15, -0.1) is 0 Å². The number of nitrogens with one attached hydrogen (secondary N) is 1. The minimum Gasteiger partial charge on any atom is -0.466 e. The van der Waals surface area contributed by atoms with Crippen molar-refractivity contribution in [3.63, 3.8) is 0 Å². The summed E-state index contributed by atoms with van der Waals surface area (Å²) in [7, 11) is 0. The number of ketones is 1. The molecule has 0 unspecified atom stereocenters. The summed E-state index contributed by atoms with van der Waals surface area (Å²) in [5, 5.41) is 2.36. The van der Waals surface area contributed by atoms with Gasteiger partial charge in [-0.1, -0.05) is 6.58 Å². The van der Waals surface area contributed by atoms with E-state index in [1.807, 2.05) is 0 Å². The predicted octanol–water partition coefficient (Wildman–Crippen LogP) is 0.201. The third-order valence-corrected chi connectivity index (χ3v) is 1.56. The van der Waals surface area contributed by atoms with E-state index >= 15 is 0 Å². The minimum atomic E-state index is -0.700. The van der Waals surface area contributed by atoms with Gasteiger partial charge in [-0.05, 0) is 19.4 Å². The first-order valence-corrected chi connectivity index (χ1v) is 4.72. The van der Waals surface area contributed by atoms with Crippen molar-refractivity contribution < 1.29 is 19.1 Å². The lowest BCUT2D eigenvalue weighted by Gasteiger charge is -2.02. The lowest BCUT2D eigenvalue weighted by Crippen LogP contribution is -2.30. The van der Waals surface area contributed by atoms with Crippen LogP contribution in [0.25, 0.3) is 0 Å². The van der Waals surface area contributed by atoms with Crippen LogP contribution in [0.3, 0.4) is 0 Å². The predicted molar refractivity (Wildman–Crippen MR) is 54.1 cm³/mol. The van der Waals surface area contributed by atoms with E-state index in [-0.39, 0.29) is 18.9 Å². The molecule has 0 saturated heterocycles. The number of ether oxygens (including phenoxy) is 1. The first kappa shape index (κ1) is 13.4. The van der Waals surface area contributed by atoms with Crippen LogP contribution in [0.5, 0.6) is 0 Å². The summed E-state index contributed by atoms with van der Waals surface area (Å²) in [4.78, 5) is 32.5. The zero-order valence-corrected chi connectivity index (χ0v) is 8.75. The van der Waals surface area contributed by atoms with Crippen molar-refractivity contribution in [1.29, 1.82) is 0 Å². The lowest BCUT2D eigenvalue weighted by atomic mass is 10.3. The first-order chi connectivity index (χ1) is 7.11. The van der Waals surface area contributed by atoms with E-state index < -0.39 is 11.7 Å². The van der Waals surface area contributed by atoms with Crippen LogP contribution in [0.15, 0.2) is 12.7 Å². The summed E-state index contributed by atoms with van der Waals surface area (Å²) in [6, 6.07) is 0. The highest BCUT2D eigenvalue weighted by atomic mass is 16.5. The van der Waals surface area contributed by atoms with Gasteiger partial charge in [0.2, 0.25) is 5.78 Å². The fraction of sp³-hybridized carbons (Fsp3) is 0.500. The van der Waals surface area contributed by atoms with Gasteiger partial charge in [0.1, 0.15) is 0 Å². The molecule has 0 aliphatic rings. The van der Waals surface area contributed by atoms with Gasteiger partial charge in [-0.25, -0.2) is 0 Å². The van der Waals surface area contributed by atoms with E-state index in [0.717, 1.165) is 6.08 Å². The molecule has 5 heteroatoms. The Labute approximate surface area is 88.5 Å². The topological polar surface area (TPSA) is 72.5 Å². The van der Waals surface area contributed by atoms with Gasteiger partial charge in [0.15, 0.2) is 0 Å². The highest BCUT2D eigenvalue weighted by Gasteiger charge is 2.08. The molecular formula is C10H15NO4. The monoisotopic (exact) mass is 213 g/mol. The number of carbonyl (C=O) groups excluding carboxylic acids is 3. The van der Waals surface area contributed by atoms with Crippen molar-refractivity contribution in [3.8, 4) is 0 Å². The van der Waals surface area contributed by atoms with Gasteiger partial charge in [-0.3, -0.25) is 14.4 Å². The highest BCUT2D eigenvalue weighted by Crippen LogP contribution is 1.91.